The summed E-state index contributed by atoms with van der Waals surface area (Å²) < 4.78 is 0. The van der Waals surface area contributed by atoms with Crippen molar-refractivity contribution in [3.8, 4) is 0 Å². The fourth-order valence-corrected chi connectivity index (χ4v) is 4.93. The lowest BCUT2D eigenvalue weighted by Gasteiger charge is -2.18. The maximum atomic E-state index is 12.5. The fraction of sp³-hybridized carbons (Fsp3) is 0.412. The Balaban J connectivity index is 1.92. The summed E-state index contributed by atoms with van der Waals surface area (Å²) in [5.41, 5.74) is 1.62. The van der Waals surface area contributed by atoms with Gasteiger partial charge in [0, 0.05) is 11.4 Å². The summed E-state index contributed by atoms with van der Waals surface area (Å²) in [5, 5.41) is 17.0. The highest BCUT2D eigenvalue weighted by Crippen LogP contribution is 2.39. The van der Waals surface area contributed by atoms with Gasteiger partial charge in [-0.3, -0.25) is 9.59 Å². The Morgan fingerprint density at radius 2 is 2.21 bits per heavy atom. The highest BCUT2D eigenvalue weighted by atomic mass is 32.1. The topological polar surface area (TPSA) is 78.4 Å². The molecule has 0 spiro atoms. The van der Waals surface area contributed by atoms with Crippen molar-refractivity contribution in [2.45, 2.75) is 26.2 Å². The van der Waals surface area contributed by atoms with E-state index in [4.69, 9.17) is 5.11 Å². The number of carbonyl (C=O) groups excluding carboxylic acids is 2. The van der Waals surface area contributed by atoms with Crippen molar-refractivity contribution < 1.29 is 14.7 Å². The number of fused-ring (bicyclic) bond motifs is 1. The van der Waals surface area contributed by atoms with Crippen LogP contribution in [0.4, 0.5) is 5.00 Å². The Morgan fingerprint density at radius 1 is 1.38 bits per heavy atom. The zero-order chi connectivity index (χ0) is 17.1. The lowest BCUT2D eigenvalue weighted by molar-refractivity contribution is 0.0944. The normalized spacial score (nSPS) is 16.5. The predicted octanol–water partition coefficient (Wildman–Crippen LogP) is 2.91. The number of anilines is 1. The van der Waals surface area contributed by atoms with Gasteiger partial charge in [0.1, 0.15) is 5.00 Å². The third-order valence-corrected chi connectivity index (χ3v) is 6.15. The molecule has 0 aliphatic heterocycles. The molecule has 1 aliphatic rings. The van der Waals surface area contributed by atoms with Gasteiger partial charge < -0.3 is 15.7 Å². The van der Waals surface area contributed by atoms with Crippen molar-refractivity contribution in [3.63, 3.8) is 0 Å². The van der Waals surface area contributed by atoms with Gasteiger partial charge in [-0.15, -0.1) is 22.7 Å². The molecule has 128 valence electrons. The number of amides is 2. The number of nitrogens with one attached hydrogen (secondary N) is 2. The number of carbonyl (C=O) groups is 2. The Labute approximate surface area is 148 Å². The first-order chi connectivity index (χ1) is 11.6. The second kappa shape index (κ2) is 7.46. The number of rotatable bonds is 5. The van der Waals surface area contributed by atoms with E-state index in [1.54, 1.807) is 6.07 Å². The molecule has 7 heteroatoms. The third kappa shape index (κ3) is 3.53. The van der Waals surface area contributed by atoms with E-state index in [0.717, 1.165) is 24.8 Å². The van der Waals surface area contributed by atoms with Gasteiger partial charge in [-0.2, -0.15) is 0 Å². The van der Waals surface area contributed by atoms with Crippen LogP contribution >= 0.6 is 22.7 Å². The Morgan fingerprint density at radius 3 is 2.92 bits per heavy atom. The summed E-state index contributed by atoms with van der Waals surface area (Å²) in [6.07, 6.45) is 2.83. The van der Waals surface area contributed by atoms with Crippen LogP contribution in [0.3, 0.4) is 0 Å². The van der Waals surface area contributed by atoms with Crippen molar-refractivity contribution in [1.82, 2.24) is 5.32 Å². The van der Waals surface area contributed by atoms with Gasteiger partial charge in [-0.25, -0.2) is 0 Å². The molecule has 5 nitrogen and oxygen atoms in total. The summed E-state index contributed by atoms with van der Waals surface area (Å²) in [7, 11) is 0. The molecule has 2 aromatic heterocycles. The lowest BCUT2D eigenvalue weighted by atomic mass is 9.88. The van der Waals surface area contributed by atoms with E-state index in [1.807, 2.05) is 11.4 Å². The first-order valence-corrected chi connectivity index (χ1v) is 9.68. The molecule has 0 saturated heterocycles. The van der Waals surface area contributed by atoms with Crippen LogP contribution in [-0.2, 0) is 12.8 Å². The molecule has 0 radical (unpaired) electrons. The molecule has 2 heterocycles. The first-order valence-electron chi connectivity index (χ1n) is 7.98. The lowest BCUT2D eigenvalue weighted by Crippen LogP contribution is -2.28. The van der Waals surface area contributed by atoms with Gasteiger partial charge >= 0.3 is 0 Å². The molecule has 1 atom stereocenters. The predicted molar refractivity (Wildman–Crippen MR) is 97.2 cm³/mol. The van der Waals surface area contributed by atoms with E-state index >= 15 is 0 Å². The Hall–Kier alpha value is -1.70. The second-order valence-corrected chi connectivity index (χ2v) is 8.02. The van der Waals surface area contributed by atoms with Crippen molar-refractivity contribution >= 4 is 39.5 Å². The minimum Gasteiger partial charge on any atom is -0.395 e. The molecule has 0 bridgehead atoms. The van der Waals surface area contributed by atoms with E-state index < -0.39 is 0 Å². The van der Waals surface area contributed by atoms with Gasteiger partial charge in [-0.05, 0) is 42.2 Å². The van der Waals surface area contributed by atoms with Crippen LogP contribution < -0.4 is 10.6 Å². The van der Waals surface area contributed by atoms with Crippen LogP contribution in [0.1, 0.15) is 43.8 Å². The number of hydrogen-bond acceptors (Lipinski definition) is 5. The van der Waals surface area contributed by atoms with Gasteiger partial charge in [-0.1, -0.05) is 13.0 Å². The number of thiophene rings is 2. The number of aliphatic hydroxyl groups is 1. The first kappa shape index (κ1) is 17.1. The molecule has 1 aliphatic carbocycles. The molecule has 24 heavy (non-hydrogen) atoms. The maximum absolute atomic E-state index is 12.5. The molecule has 0 aromatic carbocycles. The standard InChI is InChI=1S/C17H20N2O3S2/c1-10-4-5-11-13(9-10)24-17(14(11)16(22)18-6-7-20)19-15(21)12-3-2-8-23-12/h2-3,8,10,20H,4-7,9H2,1H3,(H,18,22)(H,19,21). The van der Waals surface area contributed by atoms with Crippen molar-refractivity contribution in [2.75, 3.05) is 18.5 Å². The van der Waals surface area contributed by atoms with Crippen molar-refractivity contribution in [2.24, 2.45) is 5.92 Å². The quantitative estimate of drug-likeness (QED) is 0.763. The van der Waals surface area contributed by atoms with E-state index in [0.29, 0.717) is 21.4 Å². The van der Waals surface area contributed by atoms with Gasteiger partial charge in [0.15, 0.2) is 0 Å². The maximum Gasteiger partial charge on any atom is 0.266 e. The SMILES string of the molecule is CC1CCc2c(sc(NC(=O)c3cccs3)c2C(=O)NCCO)C1. The summed E-state index contributed by atoms with van der Waals surface area (Å²) in [6, 6.07) is 3.59. The molecule has 3 rings (SSSR count). The van der Waals surface area contributed by atoms with Gasteiger partial charge in [0.25, 0.3) is 11.8 Å². The van der Waals surface area contributed by atoms with E-state index in [2.05, 4.69) is 17.6 Å². The van der Waals surface area contributed by atoms with Gasteiger partial charge in [0.2, 0.25) is 0 Å². The molecule has 3 N–H and O–H groups in total. The van der Waals surface area contributed by atoms with Crippen LogP contribution in [0.25, 0.3) is 0 Å². The van der Waals surface area contributed by atoms with Crippen LogP contribution in [0, 0.1) is 5.92 Å². The summed E-state index contributed by atoms with van der Waals surface area (Å²) in [6.45, 7) is 2.31. The molecule has 0 saturated carbocycles. The Bertz CT molecular complexity index is 737. The smallest absolute Gasteiger partial charge is 0.266 e. The number of hydrogen-bond donors (Lipinski definition) is 3. The van der Waals surface area contributed by atoms with Crippen LogP contribution in [-0.4, -0.2) is 30.1 Å². The van der Waals surface area contributed by atoms with Crippen molar-refractivity contribution in [3.05, 3.63) is 38.4 Å². The minimum absolute atomic E-state index is 0.105. The minimum atomic E-state index is -0.224. The van der Waals surface area contributed by atoms with Crippen molar-refractivity contribution in [1.29, 1.82) is 0 Å². The average Bonchev–Trinajstić information content (AvgIpc) is 3.19. The molecule has 0 fully saturated rings. The molecule has 1 unspecified atom stereocenters. The zero-order valence-electron chi connectivity index (χ0n) is 13.4. The fourth-order valence-electron chi connectivity index (χ4n) is 2.91. The van der Waals surface area contributed by atoms with Crippen LogP contribution in [0.15, 0.2) is 17.5 Å². The van der Waals surface area contributed by atoms with Crippen LogP contribution in [0.2, 0.25) is 0 Å². The highest BCUT2D eigenvalue weighted by Gasteiger charge is 2.28. The van der Waals surface area contributed by atoms with E-state index in [1.165, 1.54) is 27.6 Å². The van der Waals surface area contributed by atoms with Gasteiger partial charge in [0.05, 0.1) is 17.0 Å². The molecule has 2 amide bonds. The zero-order valence-corrected chi connectivity index (χ0v) is 15.1. The monoisotopic (exact) mass is 364 g/mol. The average molecular weight is 364 g/mol. The summed E-state index contributed by atoms with van der Waals surface area (Å²) >= 11 is 2.88. The Kier molecular flexibility index (Phi) is 5.33. The molecular formula is C17H20N2O3S2. The van der Waals surface area contributed by atoms with E-state index in [-0.39, 0.29) is 25.0 Å². The largest absolute Gasteiger partial charge is 0.395 e. The highest BCUT2D eigenvalue weighted by molar-refractivity contribution is 7.17. The van der Waals surface area contributed by atoms with E-state index in [9.17, 15) is 9.59 Å². The number of aliphatic hydroxyl groups excluding tert-OH is 1. The molecular weight excluding hydrogens is 344 g/mol. The molecule has 2 aromatic rings. The second-order valence-electron chi connectivity index (χ2n) is 5.97. The third-order valence-electron chi connectivity index (χ3n) is 4.11. The van der Waals surface area contributed by atoms with Crippen LogP contribution in [0.5, 0.6) is 0 Å². The summed E-state index contributed by atoms with van der Waals surface area (Å²) in [5.74, 6) is 0.177. The summed E-state index contributed by atoms with van der Waals surface area (Å²) in [4.78, 5) is 26.7.